The van der Waals surface area contributed by atoms with Gasteiger partial charge in [-0.25, -0.2) is 0 Å². The van der Waals surface area contributed by atoms with Gasteiger partial charge in [-0.05, 0) is 67.8 Å². The zero-order valence-corrected chi connectivity index (χ0v) is 19.0. The summed E-state index contributed by atoms with van der Waals surface area (Å²) in [4.78, 5) is 0. The standard InChI is InChI=1S/C26H43NO2/c1-19(2)11-12-22(5)27-26-16-20(3)24(15-21(26)4)9-7-6-8-10-25-17-23(18-28)13-14-29-25/h6-8,10-12,19-21,23-28H,5,9,13-18H2,1-4H3/b7-6?,10-8+,12-11-. The molecule has 1 saturated carbocycles. The molecule has 1 aliphatic heterocycles. The van der Waals surface area contributed by atoms with E-state index in [4.69, 9.17) is 4.74 Å². The lowest BCUT2D eigenvalue weighted by Gasteiger charge is -2.39. The molecule has 2 aliphatic rings. The van der Waals surface area contributed by atoms with E-state index in [1.54, 1.807) is 0 Å². The van der Waals surface area contributed by atoms with E-state index in [1.165, 1.54) is 12.8 Å². The number of rotatable bonds is 9. The van der Waals surface area contributed by atoms with E-state index in [0.29, 0.717) is 29.7 Å². The van der Waals surface area contributed by atoms with Crippen molar-refractivity contribution in [3.63, 3.8) is 0 Å². The number of hydrogen-bond acceptors (Lipinski definition) is 3. The lowest BCUT2D eigenvalue weighted by Crippen LogP contribution is -2.41. The molecule has 3 heteroatoms. The molecule has 0 aromatic carbocycles. The average Bonchev–Trinajstić information content (AvgIpc) is 2.69. The summed E-state index contributed by atoms with van der Waals surface area (Å²) < 4.78 is 5.76. The molecule has 6 unspecified atom stereocenters. The van der Waals surface area contributed by atoms with E-state index in [1.807, 2.05) is 0 Å². The predicted octanol–water partition coefficient (Wildman–Crippen LogP) is 5.64. The predicted molar refractivity (Wildman–Crippen MR) is 124 cm³/mol. The van der Waals surface area contributed by atoms with Gasteiger partial charge in [-0.1, -0.05) is 64.7 Å². The zero-order chi connectivity index (χ0) is 21.2. The molecule has 0 aromatic heterocycles. The third kappa shape index (κ3) is 8.52. The molecule has 3 nitrogen and oxygen atoms in total. The first kappa shape index (κ1) is 24.0. The Morgan fingerprint density at radius 3 is 2.69 bits per heavy atom. The maximum absolute atomic E-state index is 9.32. The second-order valence-electron chi connectivity index (χ2n) is 9.60. The van der Waals surface area contributed by atoms with Crippen LogP contribution < -0.4 is 5.32 Å². The Kier molecular flexibility index (Phi) is 10.2. The van der Waals surface area contributed by atoms with Crippen LogP contribution in [-0.4, -0.2) is 30.5 Å². The summed E-state index contributed by atoms with van der Waals surface area (Å²) in [6, 6.07) is 0.525. The van der Waals surface area contributed by atoms with Crippen molar-refractivity contribution in [2.75, 3.05) is 13.2 Å². The highest BCUT2D eigenvalue weighted by molar-refractivity contribution is 5.14. The largest absolute Gasteiger partial charge is 0.396 e. The minimum Gasteiger partial charge on any atom is -0.396 e. The van der Waals surface area contributed by atoms with Crippen LogP contribution in [0.4, 0.5) is 0 Å². The van der Waals surface area contributed by atoms with E-state index < -0.39 is 0 Å². The van der Waals surface area contributed by atoms with E-state index in [2.05, 4.69) is 76.0 Å². The highest BCUT2D eigenvalue weighted by Crippen LogP contribution is 2.36. The minimum atomic E-state index is 0.156. The summed E-state index contributed by atoms with van der Waals surface area (Å²) in [5, 5.41) is 13.0. The van der Waals surface area contributed by atoms with E-state index in [0.717, 1.165) is 37.5 Å². The van der Waals surface area contributed by atoms with Gasteiger partial charge >= 0.3 is 0 Å². The van der Waals surface area contributed by atoms with Crippen LogP contribution in [0.3, 0.4) is 0 Å². The molecule has 1 heterocycles. The summed E-state index contributed by atoms with van der Waals surface area (Å²) >= 11 is 0. The molecule has 29 heavy (non-hydrogen) atoms. The van der Waals surface area contributed by atoms with E-state index >= 15 is 0 Å². The second kappa shape index (κ2) is 12.4. The molecule has 0 radical (unpaired) electrons. The topological polar surface area (TPSA) is 41.5 Å². The Labute approximate surface area is 179 Å². The average molecular weight is 402 g/mol. The van der Waals surface area contributed by atoms with Crippen molar-refractivity contribution in [2.45, 2.75) is 71.9 Å². The van der Waals surface area contributed by atoms with Gasteiger partial charge in [0.1, 0.15) is 0 Å². The minimum absolute atomic E-state index is 0.156. The molecule has 164 valence electrons. The molecule has 0 bridgehead atoms. The molecule has 2 rings (SSSR count). The molecular formula is C26H43NO2. The fourth-order valence-electron chi connectivity index (χ4n) is 4.54. The Bertz CT molecular complexity index is 577. The smallest absolute Gasteiger partial charge is 0.0762 e. The van der Waals surface area contributed by atoms with Gasteiger partial charge in [0.25, 0.3) is 0 Å². The first-order chi connectivity index (χ1) is 13.9. The SMILES string of the molecule is C=C(/C=C\C(C)C)NC1CC(C)C(CC=C/C=C/C2CC(CO)CCO2)CC1C. The zero-order valence-electron chi connectivity index (χ0n) is 19.0. The van der Waals surface area contributed by atoms with E-state index in [9.17, 15) is 5.11 Å². The van der Waals surface area contributed by atoms with Crippen LogP contribution in [0.1, 0.15) is 59.8 Å². The lowest BCUT2D eigenvalue weighted by molar-refractivity contribution is 0.00451. The van der Waals surface area contributed by atoms with Crippen LogP contribution in [0, 0.1) is 29.6 Å². The van der Waals surface area contributed by atoms with Gasteiger partial charge < -0.3 is 15.2 Å². The molecule has 0 aromatic rings. The van der Waals surface area contributed by atoms with E-state index in [-0.39, 0.29) is 12.7 Å². The summed E-state index contributed by atoms with van der Waals surface area (Å²) in [6.45, 7) is 14.4. The summed E-state index contributed by atoms with van der Waals surface area (Å²) in [6.07, 6.45) is 18.8. The Hall–Kier alpha value is -1.32. The molecule has 2 N–H and O–H groups in total. The Morgan fingerprint density at radius 1 is 1.17 bits per heavy atom. The van der Waals surface area contributed by atoms with Crippen LogP contribution in [0.15, 0.2) is 48.7 Å². The van der Waals surface area contributed by atoms with Crippen molar-refractivity contribution in [1.82, 2.24) is 5.32 Å². The van der Waals surface area contributed by atoms with Crippen LogP contribution >= 0.6 is 0 Å². The van der Waals surface area contributed by atoms with Crippen molar-refractivity contribution in [3.8, 4) is 0 Å². The van der Waals surface area contributed by atoms with Gasteiger partial charge in [0.15, 0.2) is 0 Å². The van der Waals surface area contributed by atoms with Crippen molar-refractivity contribution in [2.24, 2.45) is 29.6 Å². The summed E-state index contributed by atoms with van der Waals surface area (Å²) in [7, 11) is 0. The normalized spacial score (nSPS) is 33.9. The van der Waals surface area contributed by atoms with Crippen molar-refractivity contribution >= 4 is 0 Å². The first-order valence-corrected chi connectivity index (χ1v) is 11.6. The highest BCUT2D eigenvalue weighted by Gasteiger charge is 2.31. The molecular weight excluding hydrogens is 358 g/mol. The number of aliphatic hydroxyl groups excluding tert-OH is 1. The van der Waals surface area contributed by atoms with Crippen LogP contribution in [-0.2, 0) is 4.74 Å². The van der Waals surface area contributed by atoms with Crippen molar-refractivity contribution in [1.29, 1.82) is 0 Å². The number of ether oxygens (including phenoxy) is 1. The van der Waals surface area contributed by atoms with Crippen LogP contribution in [0.2, 0.25) is 0 Å². The van der Waals surface area contributed by atoms with Gasteiger partial charge in [-0.2, -0.15) is 0 Å². The molecule has 0 spiro atoms. The third-order valence-electron chi connectivity index (χ3n) is 6.54. The summed E-state index contributed by atoms with van der Waals surface area (Å²) in [5.41, 5.74) is 1.04. The quantitative estimate of drug-likeness (QED) is 0.491. The number of hydrogen-bond donors (Lipinski definition) is 2. The maximum Gasteiger partial charge on any atom is 0.0762 e. The molecule has 6 atom stereocenters. The third-order valence-corrected chi connectivity index (χ3v) is 6.54. The van der Waals surface area contributed by atoms with Gasteiger partial charge in [-0.15, -0.1) is 0 Å². The monoisotopic (exact) mass is 401 g/mol. The fourth-order valence-corrected chi connectivity index (χ4v) is 4.54. The number of nitrogens with one attached hydrogen (secondary N) is 1. The maximum atomic E-state index is 9.32. The molecule has 1 saturated heterocycles. The molecule has 0 amide bonds. The Balaban J connectivity index is 1.75. The fraction of sp³-hybridized carbons (Fsp3) is 0.692. The summed E-state index contributed by atoms with van der Waals surface area (Å²) in [5.74, 6) is 3.08. The second-order valence-corrected chi connectivity index (χ2v) is 9.60. The van der Waals surface area contributed by atoms with Gasteiger partial charge in [-0.3, -0.25) is 0 Å². The van der Waals surface area contributed by atoms with Gasteiger partial charge in [0, 0.05) is 25.0 Å². The van der Waals surface area contributed by atoms with Gasteiger partial charge in [0.05, 0.1) is 6.10 Å². The van der Waals surface area contributed by atoms with Gasteiger partial charge in [0.2, 0.25) is 0 Å². The van der Waals surface area contributed by atoms with Crippen molar-refractivity contribution < 1.29 is 9.84 Å². The molecule has 1 aliphatic carbocycles. The lowest BCUT2D eigenvalue weighted by atomic mass is 9.71. The molecule has 2 fully saturated rings. The number of allylic oxidation sites excluding steroid dienone is 5. The number of aliphatic hydroxyl groups is 1. The van der Waals surface area contributed by atoms with Crippen molar-refractivity contribution in [3.05, 3.63) is 48.7 Å². The first-order valence-electron chi connectivity index (χ1n) is 11.6. The Morgan fingerprint density at radius 2 is 1.97 bits per heavy atom. The van der Waals surface area contributed by atoms with Crippen LogP contribution in [0.5, 0.6) is 0 Å². The highest BCUT2D eigenvalue weighted by atomic mass is 16.5. The van der Waals surface area contributed by atoms with Crippen LogP contribution in [0.25, 0.3) is 0 Å².